The second-order valence-electron chi connectivity index (χ2n) is 4.93. The molecule has 24 heavy (non-hydrogen) atoms. The fourth-order valence-corrected chi connectivity index (χ4v) is 3.43. The van der Waals surface area contributed by atoms with E-state index in [1.165, 1.54) is 11.3 Å². The smallest absolute Gasteiger partial charge is 0.134 e. The first-order chi connectivity index (χ1) is 11.6. The third-order valence-corrected chi connectivity index (χ3v) is 4.67. The molecule has 1 N–H and O–H groups in total. The molecule has 0 radical (unpaired) electrons. The van der Waals surface area contributed by atoms with E-state index in [4.69, 9.17) is 23.2 Å². The van der Waals surface area contributed by atoms with E-state index in [9.17, 15) is 10.4 Å². The fraction of sp³-hybridized carbons (Fsp3) is 0. The summed E-state index contributed by atoms with van der Waals surface area (Å²) in [5.41, 5.74) is 2.60. The van der Waals surface area contributed by atoms with Crippen molar-refractivity contribution in [1.29, 1.82) is 5.26 Å². The van der Waals surface area contributed by atoms with E-state index in [2.05, 4.69) is 11.1 Å². The molecule has 0 fully saturated rings. The van der Waals surface area contributed by atoms with Crippen LogP contribution in [0.3, 0.4) is 0 Å². The van der Waals surface area contributed by atoms with E-state index in [0.29, 0.717) is 26.3 Å². The first-order valence-corrected chi connectivity index (χ1v) is 8.52. The van der Waals surface area contributed by atoms with Crippen molar-refractivity contribution in [1.82, 2.24) is 4.98 Å². The van der Waals surface area contributed by atoms with Crippen LogP contribution < -0.4 is 0 Å². The van der Waals surface area contributed by atoms with Gasteiger partial charge in [0.25, 0.3) is 0 Å². The second-order valence-corrected chi connectivity index (χ2v) is 6.63. The maximum Gasteiger partial charge on any atom is 0.134 e. The number of rotatable bonds is 3. The van der Waals surface area contributed by atoms with E-state index in [1.54, 1.807) is 42.5 Å². The maximum absolute atomic E-state index is 9.52. The molecule has 0 aliphatic heterocycles. The molecule has 0 saturated heterocycles. The summed E-state index contributed by atoms with van der Waals surface area (Å²) in [4.78, 5) is 4.50. The lowest BCUT2D eigenvalue weighted by Crippen LogP contribution is -1.84. The summed E-state index contributed by atoms with van der Waals surface area (Å²) in [6.07, 6.45) is 1.69. The van der Waals surface area contributed by atoms with Crippen molar-refractivity contribution in [2.45, 2.75) is 0 Å². The number of nitrogens with zero attached hydrogens (tertiary/aromatic N) is 2. The number of hydrogen-bond donors (Lipinski definition) is 1. The number of phenolic OH excluding ortho intramolecular Hbond substituents is 1. The minimum atomic E-state index is 0.147. The molecule has 0 saturated carbocycles. The number of phenols is 1. The van der Waals surface area contributed by atoms with Crippen LogP contribution in [0.5, 0.6) is 5.75 Å². The molecule has 0 spiro atoms. The molecular weight excluding hydrogens is 363 g/mol. The van der Waals surface area contributed by atoms with Crippen LogP contribution in [0.15, 0.2) is 47.8 Å². The summed E-state index contributed by atoms with van der Waals surface area (Å²) < 4.78 is 0. The van der Waals surface area contributed by atoms with Crippen LogP contribution in [-0.4, -0.2) is 10.1 Å². The van der Waals surface area contributed by atoms with Gasteiger partial charge < -0.3 is 5.11 Å². The van der Waals surface area contributed by atoms with Crippen molar-refractivity contribution in [3.8, 4) is 23.1 Å². The Morgan fingerprint density at radius 1 is 1.21 bits per heavy atom. The van der Waals surface area contributed by atoms with Gasteiger partial charge in [-0.3, -0.25) is 0 Å². The number of nitriles is 1. The predicted molar refractivity (Wildman–Crippen MR) is 99.2 cm³/mol. The summed E-state index contributed by atoms with van der Waals surface area (Å²) in [6, 6.07) is 14.0. The summed E-state index contributed by atoms with van der Waals surface area (Å²) in [5, 5.41) is 22.4. The molecule has 1 heterocycles. The average Bonchev–Trinajstić information content (AvgIpc) is 3.02. The molecule has 118 valence electrons. The first-order valence-electron chi connectivity index (χ1n) is 6.89. The number of allylic oxidation sites excluding steroid dienone is 1. The lowest BCUT2D eigenvalue weighted by atomic mass is 10.1. The van der Waals surface area contributed by atoms with Gasteiger partial charge in [0.05, 0.1) is 16.3 Å². The second kappa shape index (κ2) is 7.06. The molecule has 6 heteroatoms. The van der Waals surface area contributed by atoms with Crippen LogP contribution in [0.1, 0.15) is 10.6 Å². The van der Waals surface area contributed by atoms with Gasteiger partial charge >= 0.3 is 0 Å². The van der Waals surface area contributed by atoms with Crippen LogP contribution in [0.2, 0.25) is 10.0 Å². The number of halogens is 2. The topological polar surface area (TPSA) is 56.9 Å². The monoisotopic (exact) mass is 372 g/mol. The van der Waals surface area contributed by atoms with Gasteiger partial charge in [-0.2, -0.15) is 5.26 Å². The zero-order chi connectivity index (χ0) is 17.1. The predicted octanol–water partition coefficient (Wildman–Crippen LogP) is 5.89. The van der Waals surface area contributed by atoms with Gasteiger partial charge in [0.15, 0.2) is 0 Å². The zero-order valence-corrected chi connectivity index (χ0v) is 14.5. The van der Waals surface area contributed by atoms with Crippen molar-refractivity contribution in [3.63, 3.8) is 0 Å². The van der Waals surface area contributed by atoms with Gasteiger partial charge in [-0.05, 0) is 42.0 Å². The summed E-state index contributed by atoms with van der Waals surface area (Å²) in [7, 11) is 0. The van der Waals surface area contributed by atoms with E-state index in [-0.39, 0.29) is 5.75 Å². The zero-order valence-electron chi connectivity index (χ0n) is 12.2. The number of aromatic hydroxyl groups is 1. The summed E-state index contributed by atoms with van der Waals surface area (Å²) in [6.45, 7) is 0. The van der Waals surface area contributed by atoms with Crippen LogP contribution in [-0.2, 0) is 0 Å². The fourth-order valence-electron chi connectivity index (χ4n) is 2.14. The Hall–Kier alpha value is -2.32. The Morgan fingerprint density at radius 2 is 2.04 bits per heavy atom. The number of thiazole rings is 1. The van der Waals surface area contributed by atoms with Crippen LogP contribution in [0.25, 0.3) is 22.9 Å². The normalized spacial score (nSPS) is 11.3. The molecule has 0 bridgehead atoms. The van der Waals surface area contributed by atoms with Crippen LogP contribution in [0, 0.1) is 11.3 Å². The largest absolute Gasteiger partial charge is 0.508 e. The van der Waals surface area contributed by atoms with Gasteiger partial charge in [0.2, 0.25) is 0 Å². The molecule has 2 aromatic carbocycles. The van der Waals surface area contributed by atoms with Gasteiger partial charge in [0.1, 0.15) is 16.8 Å². The third kappa shape index (κ3) is 3.60. The van der Waals surface area contributed by atoms with Crippen molar-refractivity contribution < 1.29 is 5.11 Å². The molecule has 0 amide bonds. The SMILES string of the molecule is N#C/C(=C\c1cccc(O)c1)c1nc(-c2ccc(Cl)cc2Cl)cs1. The van der Waals surface area contributed by atoms with Gasteiger partial charge in [-0.25, -0.2) is 4.98 Å². The van der Waals surface area contributed by atoms with E-state index < -0.39 is 0 Å². The highest BCUT2D eigenvalue weighted by molar-refractivity contribution is 7.11. The Balaban J connectivity index is 1.98. The summed E-state index contributed by atoms with van der Waals surface area (Å²) in [5.74, 6) is 0.147. The molecule has 0 aliphatic rings. The van der Waals surface area contributed by atoms with Crippen LogP contribution in [0.4, 0.5) is 0 Å². The minimum Gasteiger partial charge on any atom is -0.508 e. The van der Waals surface area contributed by atoms with Gasteiger partial charge in [-0.1, -0.05) is 35.3 Å². The standard InChI is InChI=1S/C18H10Cl2N2OS/c19-13-4-5-15(16(20)8-13)17-10-24-18(22-17)12(9-21)6-11-2-1-3-14(23)7-11/h1-8,10,23H/b12-6+. The van der Waals surface area contributed by atoms with Crippen molar-refractivity contribution in [2.24, 2.45) is 0 Å². The minimum absolute atomic E-state index is 0.147. The van der Waals surface area contributed by atoms with E-state index >= 15 is 0 Å². The van der Waals surface area contributed by atoms with E-state index in [1.807, 2.05) is 11.4 Å². The van der Waals surface area contributed by atoms with Crippen molar-refractivity contribution in [2.75, 3.05) is 0 Å². The van der Waals surface area contributed by atoms with Gasteiger partial charge in [0, 0.05) is 16.0 Å². The Morgan fingerprint density at radius 3 is 2.75 bits per heavy atom. The average molecular weight is 373 g/mol. The molecule has 0 unspecified atom stereocenters. The van der Waals surface area contributed by atoms with Gasteiger partial charge in [-0.15, -0.1) is 11.3 Å². The Bertz CT molecular complexity index is 973. The molecule has 3 aromatic rings. The highest BCUT2D eigenvalue weighted by atomic mass is 35.5. The van der Waals surface area contributed by atoms with Crippen LogP contribution >= 0.6 is 34.5 Å². The quantitative estimate of drug-likeness (QED) is 0.583. The Kier molecular flexibility index (Phi) is 4.86. The Labute approximate surface area is 153 Å². The third-order valence-electron chi connectivity index (χ3n) is 3.24. The molecule has 0 atom stereocenters. The molecule has 0 aliphatic carbocycles. The van der Waals surface area contributed by atoms with E-state index in [0.717, 1.165) is 11.1 Å². The number of hydrogen-bond acceptors (Lipinski definition) is 4. The highest BCUT2D eigenvalue weighted by Gasteiger charge is 2.12. The van der Waals surface area contributed by atoms with Crippen molar-refractivity contribution >= 4 is 46.2 Å². The molecule has 3 nitrogen and oxygen atoms in total. The maximum atomic E-state index is 9.52. The number of benzene rings is 2. The number of aromatic nitrogens is 1. The lowest BCUT2D eigenvalue weighted by Gasteiger charge is -2.01. The highest BCUT2D eigenvalue weighted by Crippen LogP contribution is 2.33. The molecular formula is C18H10Cl2N2OS. The lowest BCUT2D eigenvalue weighted by molar-refractivity contribution is 0.475. The first kappa shape index (κ1) is 16.5. The molecule has 3 rings (SSSR count). The summed E-state index contributed by atoms with van der Waals surface area (Å²) >= 11 is 13.5. The van der Waals surface area contributed by atoms with Crippen molar-refractivity contribution in [3.05, 3.63) is 68.5 Å². The molecule has 1 aromatic heterocycles.